The van der Waals surface area contributed by atoms with Crippen LogP contribution in [0, 0.1) is 11.8 Å². The van der Waals surface area contributed by atoms with Crippen LogP contribution in [0.3, 0.4) is 0 Å². The van der Waals surface area contributed by atoms with E-state index in [0.717, 1.165) is 38.5 Å². The Bertz CT molecular complexity index is 365. The minimum Gasteiger partial charge on any atom is -0.287 e. The van der Waals surface area contributed by atoms with Crippen LogP contribution >= 0.6 is 7.82 Å². The smallest absolute Gasteiger partial charge is 0.287 e. The van der Waals surface area contributed by atoms with Crippen molar-refractivity contribution in [2.75, 3.05) is 19.8 Å². The number of unbranched alkanes of at least 4 members (excludes halogenated alkanes) is 7. The van der Waals surface area contributed by atoms with Gasteiger partial charge in [0, 0.05) is 0 Å². The Kier molecular flexibility index (Phi) is 20.1. The second kappa shape index (κ2) is 20.0. The lowest BCUT2D eigenvalue weighted by molar-refractivity contribution is 0.0832. The molecule has 0 aromatic rings. The monoisotopic (exact) mass is 434 g/mol. The van der Waals surface area contributed by atoms with E-state index in [1.54, 1.807) is 0 Å². The SMILES string of the molecule is CCCCCCCCOP(=O)(OCC(CC)CCCC)OCC(CC)CCCC. The molecular weight excluding hydrogens is 383 g/mol. The maximum Gasteiger partial charge on any atom is 0.474 e. The van der Waals surface area contributed by atoms with Crippen molar-refractivity contribution in [1.29, 1.82) is 0 Å². The molecule has 0 bridgehead atoms. The lowest BCUT2D eigenvalue weighted by Gasteiger charge is -2.23. The molecule has 0 N–H and O–H groups in total. The number of phosphoric acid groups is 1. The molecule has 0 radical (unpaired) electrons. The van der Waals surface area contributed by atoms with E-state index in [9.17, 15) is 4.57 Å². The molecule has 0 aromatic carbocycles. The van der Waals surface area contributed by atoms with Gasteiger partial charge >= 0.3 is 7.82 Å². The van der Waals surface area contributed by atoms with Gasteiger partial charge in [0.25, 0.3) is 0 Å². The van der Waals surface area contributed by atoms with Gasteiger partial charge in [-0.05, 0) is 31.1 Å². The Balaban J connectivity index is 4.59. The van der Waals surface area contributed by atoms with Gasteiger partial charge in [-0.2, -0.15) is 0 Å². The first-order valence-corrected chi connectivity index (χ1v) is 14.0. The Morgan fingerprint density at radius 2 is 1.03 bits per heavy atom. The molecule has 0 aliphatic carbocycles. The van der Waals surface area contributed by atoms with Crippen molar-refractivity contribution in [3.8, 4) is 0 Å². The zero-order chi connectivity index (χ0) is 21.8. The molecule has 0 saturated carbocycles. The van der Waals surface area contributed by atoms with E-state index in [-0.39, 0.29) is 0 Å². The second-order valence-corrected chi connectivity index (χ2v) is 10.1. The topological polar surface area (TPSA) is 44.8 Å². The van der Waals surface area contributed by atoms with Crippen LogP contribution in [0.2, 0.25) is 0 Å². The molecule has 4 nitrogen and oxygen atoms in total. The molecule has 0 aliphatic heterocycles. The average Bonchev–Trinajstić information content (AvgIpc) is 2.73. The predicted molar refractivity (Wildman–Crippen MR) is 125 cm³/mol. The first-order valence-electron chi connectivity index (χ1n) is 12.6. The standard InChI is InChI=1S/C24H51O4P/c1-6-11-14-15-16-17-20-26-29(25,27-21-23(9-4)18-12-7-2)28-22-24(10-5)19-13-8-3/h23-24H,6-22H2,1-5H3. The second-order valence-electron chi connectivity index (χ2n) is 8.47. The third-order valence-corrected chi connectivity index (χ3v) is 7.20. The minimum atomic E-state index is -3.48. The summed E-state index contributed by atoms with van der Waals surface area (Å²) in [6.07, 6.45) is 16.1. The molecule has 0 fully saturated rings. The van der Waals surface area contributed by atoms with Crippen LogP contribution in [0.15, 0.2) is 0 Å². The highest BCUT2D eigenvalue weighted by Crippen LogP contribution is 2.50. The average molecular weight is 435 g/mol. The Morgan fingerprint density at radius 1 is 0.586 bits per heavy atom. The van der Waals surface area contributed by atoms with Gasteiger partial charge in [0.05, 0.1) is 19.8 Å². The van der Waals surface area contributed by atoms with Gasteiger partial charge < -0.3 is 0 Å². The van der Waals surface area contributed by atoms with Crippen molar-refractivity contribution in [3.63, 3.8) is 0 Å². The van der Waals surface area contributed by atoms with Crippen LogP contribution in [0.4, 0.5) is 0 Å². The summed E-state index contributed by atoms with van der Waals surface area (Å²) in [6.45, 7) is 12.4. The molecule has 0 rings (SSSR count). The molecule has 0 aliphatic rings. The summed E-state index contributed by atoms with van der Waals surface area (Å²) in [5, 5.41) is 0. The zero-order valence-corrected chi connectivity index (χ0v) is 21.2. The van der Waals surface area contributed by atoms with E-state index in [1.807, 2.05) is 0 Å². The third-order valence-electron chi connectivity index (χ3n) is 5.77. The van der Waals surface area contributed by atoms with E-state index >= 15 is 0 Å². The van der Waals surface area contributed by atoms with E-state index in [4.69, 9.17) is 13.6 Å². The highest BCUT2D eigenvalue weighted by atomic mass is 31.2. The van der Waals surface area contributed by atoms with Crippen LogP contribution in [-0.2, 0) is 18.1 Å². The number of hydrogen-bond acceptors (Lipinski definition) is 4. The summed E-state index contributed by atoms with van der Waals surface area (Å²) < 4.78 is 30.7. The molecule has 0 amide bonds. The van der Waals surface area contributed by atoms with Crippen molar-refractivity contribution >= 4 is 7.82 Å². The maximum atomic E-state index is 13.3. The predicted octanol–water partition coefficient (Wildman–Crippen LogP) is 8.94. The van der Waals surface area contributed by atoms with Gasteiger partial charge in [-0.3, -0.25) is 13.6 Å². The van der Waals surface area contributed by atoms with Crippen molar-refractivity contribution in [1.82, 2.24) is 0 Å². The molecule has 0 spiro atoms. The van der Waals surface area contributed by atoms with Gasteiger partial charge in [0.1, 0.15) is 0 Å². The normalized spacial score (nSPS) is 15.9. The quantitative estimate of drug-likeness (QED) is 0.126. The minimum absolute atomic E-state index is 0.423. The van der Waals surface area contributed by atoms with Crippen molar-refractivity contribution in [2.24, 2.45) is 11.8 Å². The lowest BCUT2D eigenvalue weighted by atomic mass is 10.0. The molecule has 176 valence electrons. The summed E-state index contributed by atoms with van der Waals surface area (Å²) in [4.78, 5) is 0. The van der Waals surface area contributed by atoms with Crippen LogP contribution in [0.25, 0.3) is 0 Å². The summed E-state index contributed by atoms with van der Waals surface area (Å²) >= 11 is 0. The molecule has 2 atom stereocenters. The molecule has 29 heavy (non-hydrogen) atoms. The fourth-order valence-corrected chi connectivity index (χ4v) is 4.72. The summed E-state index contributed by atoms with van der Waals surface area (Å²) in [6, 6.07) is 0. The highest BCUT2D eigenvalue weighted by molar-refractivity contribution is 7.48. The van der Waals surface area contributed by atoms with Gasteiger partial charge in [-0.1, -0.05) is 105 Å². The van der Waals surface area contributed by atoms with Gasteiger partial charge in [-0.15, -0.1) is 0 Å². The van der Waals surface area contributed by atoms with Crippen LogP contribution in [0.5, 0.6) is 0 Å². The fourth-order valence-electron chi connectivity index (χ4n) is 3.36. The molecule has 5 heteroatoms. The Labute approximate surface area is 182 Å². The summed E-state index contributed by atoms with van der Waals surface area (Å²) in [5.74, 6) is 0.846. The van der Waals surface area contributed by atoms with Crippen molar-refractivity contribution in [2.45, 2.75) is 125 Å². The van der Waals surface area contributed by atoms with Crippen molar-refractivity contribution in [3.05, 3.63) is 0 Å². The van der Waals surface area contributed by atoms with Crippen LogP contribution in [0.1, 0.15) is 125 Å². The fraction of sp³-hybridized carbons (Fsp3) is 1.00. The summed E-state index contributed by atoms with van der Waals surface area (Å²) in [5.41, 5.74) is 0. The largest absolute Gasteiger partial charge is 0.474 e. The number of hydrogen-bond donors (Lipinski definition) is 0. The van der Waals surface area contributed by atoms with E-state index < -0.39 is 7.82 Å². The van der Waals surface area contributed by atoms with Crippen LogP contribution in [-0.4, -0.2) is 19.8 Å². The van der Waals surface area contributed by atoms with E-state index in [0.29, 0.717) is 31.7 Å². The highest BCUT2D eigenvalue weighted by Gasteiger charge is 2.29. The number of rotatable bonds is 22. The van der Waals surface area contributed by atoms with Gasteiger partial charge in [0.15, 0.2) is 0 Å². The van der Waals surface area contributed by atoms with Crippen LogP contribution < -0.4 is 0 Å². The summed E-state index contributed by atoms with van der Waals surface area (Å²) in [7, 11) is -3.48. The van der Waals surface area contributed by atoms with Crippen molar-refractivity contribution < 1.29 is 18.1 Å². The Morgan fingerprint density at radius 3 is 1.48 bits per heavy atom. The first-order chi connectivity index (χ1) is 14.0. The molecule has 0 saturated heterocycles. The number of phosphoric ester groups is 1. The van der Waals surface area contributed by atoms with Gasteiger partial charge in [0.2, 0.25) is 0 Å². The van der Waals surface area contributed by atoms with E-state index in [1.165, 1.54) is 51.4 Å². The maximum absolute atomic E-state index is 13.3. The molecule has 2 unspecified atom stereocenters. The lowest BCUT2D eigenvalue weighted by Crippen LogP contribution is -2.14. The molecule has 0 heterocycles. The third kappa shape index (κ3) is 16.5. The zero-order valence-electron chi connectivity index (χ0n) is 20.3. The Hall–Kier alpha value is 0.110. The molecular formula is C24H51O4P. The molecule has 0 aromatic heterocycles. The van der Waals surface area contributed by atoms with E-state index in [2.05, 4.69) is 34.6 Å². The van der Waals surface area contributed by atoms with Gasteiger partial charge in [-0.25, -0.2) is 4.57 Å². The first kappa shape index (κ1) is 29.1.